The fourth-order valence-electron chi connectivity index (χ4n) is 2.34. The number of benzene rings is 2. The molecule has 4 nitrogen and oxygen atoms in total. The van der Waals surface area contributed by atoms with Gasteiger partial charge in [-0.2, -0.15) is 0 Å². The molecular formula is C17H14FNO3. The van der Waals surface area contributed by atoms with Crippen molar-refractivity contribution >= 4 is 11.7 Å². The van der Waals surface area contributed by atoms with Gasteiger partial charge in [-0.15, -0.1) is 0 Å². The summed E-state index contributed by atoms with van der Waals surface area (Å²) in [6, 6.07) is 13.2. The first kappa shape index (κ1) is 14.3. The van der Waals surface area contributed by atoms with Gasteiger partial charge in [0.25, 0.3) is 5.91 Å². The number of halogens is 1. The summed E-state index contributed by atoms with van der Waals surface area (Å²) in [7, 11) is 0. The number of amides is 1. The lowest BCUT2D eigenvalue weighted by molar-refractivity contribution is -0.128. The molecule has 112 valence electrons. The summed E-state index contributed by atoms with van der Waals surface area (Å²) in [5, 5.41) is 2.74. The van der Waals surface area contributed by atoms with Gasteiger partial charge in [0.2, 0.25) is 0 Å². The minimum atomic E-state index is -0.880. The highest BCUT2D eigenvalue weighted by atomic mass is 19.1. The summed E-state index contributed by atoms with van der Waals surface area (Å²) < 4.78 is 18.7. The number of ketones is 1. The summed E-state index contributed by atoms with van der Waals surface area (Å²) in [5.41, 5.74) is 1.15. The lowest BCUT2D eigenvalue weighted by atomic mass is 10.00. The van der Waals surface area contributed by atoms with Crippen molar-refractivity contribution in [1.29, 1.82) is 0 Å². The minimum absolute atomic E-state index is 0.0862. The van der Waals surface area contributed by atoms with Crippen LogP contribution in [0.15, 0.2) is 48.5 Å². The molecule has 0 radical (unpaired) electrons. The zero-order chi connectivity index (χ0) is 15.5. The lowest BCUT2D eigenvalue weighted by Gasteiger charge is -2.24. The topological polar surface area (TPSA) is 55.4 Å². The predicted octanol–water partition coefficient (Wildman–Crippen LogP) is 2.48. The number of nitrogens with one attached hydrogen (secondary N) is 1. The number of fused-ring (bicyclic) bond motifs is 1. The minimum Gasteiger partial charge on any atom is -0.479 e. The number of hydrogen-bond donors (Lipinski definition) is 1. The van der Waals surface area contributed by atoms with Gasteiger partial charge in [0.1, 0.15) is 11.6 Å². The van der Waals surface area contributed by atoms with Crippen molar-refractivity contribution in [3.05, 3.63) is 65.5 Å². The van der Waals surface area contributed by atoms with Crippen molar-refractivity contribution in [1.82, 2.24) is 5.32 Å². The van der Waals surface area contributed by atoms with Gasteiger partial charge in [0, 0.05) is 6.54 Å². The Morgan fingerprint density at radius 2 is 2.00 bits per heavy atom. The molecule has 1 aliphatic heterocycles. The Bertz CT molecular complexity index is 715. The number of carbonyl (C=O) groups excluding carboxylic acids is 2. The summed E-state index contributed by atoms with van der Waals surface area (Å²) in [6.07, 6.45) is -0.967. The van der Waals surface area contributed by atoms with Gasteiger partial charge in [-0.3, -0.25) is 9.59 Å². The lowest BCUT2D eigenvalue weighted by Crippen LogP contribution is -2.41. The van der Waals surface area contributed by atoms with Crippen LogP contribution >= 0.6 is 0 Å². The highest BCUT2D eigenvalue weighted by Crippen LogP contribution is 2.28. The Hall–Kier alpha value is -2.69. The molecule has 1 heterocycles. The van der Waals surface area contributed by atoms with E-state index in [-0.39, 0.29) is 29.4 Å². The van der Waals surface area contributed by atoms with Crippen molar-refractivity contribution in [2.45, 2.75) is 19.1 Å². The van der Waals surface area contributed by atoms with Gasteiger partial charge < -0.3 is 10.1 Å². The number of ether oxygens (including phenoxy) is 1. The molecule has 0 saturated heterocycles. The van der Waals surface area contributed by atoms with Crippen LogP contribution in [0.1, 0.15) is 22.3 Å². The third-order valence-electron chi connectivity index (χ3n) is 3.48. The molecule has 0 aromatic heterocycles. The van der Waals surface area contributed by atoms with E-state index in [1.165, 1.54) is 12.1 Å². The highest BCUT2D eigenvalue weighted by Gasteiger charge is 2.31. The second kappa shape index (κ2) is 5.97. The molecule has 1 aliphatic rings. The molecular weight excluding hydrogens is 285 g/mol. The van der Waals surface area contributed by atoms with Crippen molar-refractivity contribution in [2.75, 3.05) is 0 Å². The van der Waals surface area contributed by atoms with E-state index in [0.717, 1.165) is 11.6 Å². The Labute approximate surface area is 126 Å². The number of Topliss-reactive ketones (excluding diaryl/α,β-unsaturated/α-hetero) is 1. The Kier molecular flexibility index (Phi) is 3.87. The van der Waals surface area contributed by atoms with Crippen molar-refractivity contribution in [3.8, 4) is 5.75 Å². The number of carbonyl (C=O) groups is 2. The van der Waals surface area contributed by atoms with Crippen LogP contribution in [0.3, 0.4) is 0 Å². The largest absolute Gasteiger partial charge is 0.479 e. The quantitative estimate of drug-likeness (QED) is 0.947. The molecule has 0 spiro atoms. The second-order valence-corrected chi connectivity index (χ2v) is 5.08. The van der Waals surface area contributed by atoms with Crippen LogP contribution in [0.25, 0.3) is 0 Å². The fraction of sp³-hybridized carbons (Fsp3) is 0.176. The van der Waals surface area contributed by atoms with E-state index in [9.17, 15) is 14.0 Å². The average molecular weight is 299 g/mol. The molecule has 3 rings (SSSR count). The molecule has 0 aliphatic carbocycles. The van der Waals surface area contributed by atoms with Gasteiger partial charge in [-0.1, -0.05) is 30.3 Å². The van der Waals surface area contributed by atoms with Crippen LogP contribution in [0.2, 0.25) is 0 Å². The van der Waals surface area contributed by atoms with Crippen LogP contribution in [0.4, 0.5) is 4.39 Å². The van der Waals surface area contributed by atoms with E-state index >= 15 is 0 Å². The zero-order valence-electron chi connectivity index (χ0n) is 11.7. The van der Waals surface area contributed by atoms with Crippen molar-refractivity contribution < 1.29 is 18.7 Å². The molecule has 22 heavy (non-hydrogen) atoms. The first-order chi connectivity index (χ1) is 10.6. The molecule has 1 atom stereocenters. The Morgan fingerprint density at radius 3 is 2.77 bits per heavy atom. The highest BCUT2D eigenvalue weighted by molar-refractivity contribution is 6.03. The van der Waals surface area contributed by atoms with Crippen LogP contribution in [0, 0.1) is 5.82 Å². The standard InChI is InChI=1S/C17H14FNO3/c18-12-6-7-15-13(8-12)14(20)9-16(22-15)17(21)19-10-11-4-2-1-3-5-11/h1-8,16H,9-10H2,(H,19,21). The monoisotopic (exact) mass is 299 g/mol. The van der Waals surface area contributed by atoms with Crippen LogP contribution in [-0.2, 0) is 11.3 Å². The molecule has 0 saturated carbocycles. The second-order valence-electron chi connectivity index (χ2n) is 5.08. The van der Waals surface area contributed by atoms with Crippen LogP contribution in [0.5, 0.6) is 5.75 Å². The molecule has 5 heteroatoms. The molecule has 1 unspecified atom stereocenters. The van der Waals surface area contributed by atoms with Gasteiger partial charge in [-0.05, 0) is 23.8 Å². The maximum absolute atomic E-state index is 13.1. The molecule has 2 aromatic carbocycles. The third-order valence-corrected chi connectivity index (χ3v) is 3.48. The van der Waals surface area contributed by atoms with Crippen molar-refractivity contribution in [2.24, 2.45) is 0 Å². The van der Waals surface area contributed by atoms with Crippen LogP contribution < -0.4 is 10.1 Å². The van der Waals surface area contributed by atoms with Gasteiger partial charge >= 0.3 is 0 Å². The van der Waals surface area contributed by atoms with E-state index in [2.05, 4.69) is 5.32 Å². The van der Waals surface area contributed by atoms with E-state index < -0.39 is 11.9 Å². The third kappa shape index (κ3) is 2.98. The number of hydrogen-bond acceptors (Lipinski definition) is 3. The molecule has 1 N–H and O–H groups in total. The Balaban J connectivity index is 1.67. The molecule has 0 bridgehead atoms. The first-order valence-electron chi connectivity index (χ1n) is 6.94. The predicted molar refractivity (Wildman–Crippen MR) is 78.1 cm³/mol. The summed E-state index contributed by atoms with van der Waals surface area (Å²) >= 11 is 0. The van der Waals surface area contributed by atoms with E-state index in [4.69, 9.17) is 4.74 Å². The summed E-state index contributed by atoms with van der Waals surface area (Å²) in [5.74, 6) is -0.895. The van der Waals surface area contributed by atoms with E-state index in [0.29, 0.717) is 6.54 Å². The average Bonchev–Trinajstić information content (AvgIpc) is 2.54. The van der Waals surface area contributed by atoms with Crippen molar-refractivity contribution in [3.63, 3.8) is 0 Å². The molecule has 0 fully saturated rings. The van der Waals surface area contributed by atoms with Gasteiger partial charge in [0.15, 0.2) is 11.9 Å². The SMILES string of the molecule is O=C1CC(C(=O)NCc2ccccc2)Oc2ccc(F)cc21. The Morgan fingerprint density at radius 1 is 1.23 bits per heavy atom. The maximum atomic E-state index is 13.1. The normalized spacial score (nSPS) is 16.6. The molecule has 1 amide bonds. The van der Waals surface area contributed by atoms with E-state index in [1.54, 1.807) is 0 Å². The smallest absolute Gasteiger partial charge is 0.261 e. The maximum Gasteiger partial charge on any atom is 0.261 e. The molecule has 2 aromatic rings. The van der Waals surface area contributed by atoms with Gasteiger partial charge in [-0.25, -0.2) is 4.39 Å². The van der Waals surface area contributed by atoms with Crippen LogP contribution in [-0.4, -0.2) is 17.8 Å². The van der Waals surface area contributed by atoms with Gasteiger partial charge in [0.05, 0.1) is 12.0 Å². The summed E-state index contributed by atoms with van der Waals surface area (Å²) in [6.45, 7) is 0.365. The number of rotatable bonds is 3. The summed E-state index contributed by atoms with van der Waals surface area (Å²) in [4.78, 5) is 24.1. The van der Waals surface area contributed by atoms with E-state index in [1.807, 2.05) is 30.3 Å². The fourth-order valence-corrected chi connectivity index (χ4v) is 2.34. The first-order valence-corrected chi connectivity index (χ1v) is 6.94. The zero-order valence-corrected chi connectivity index (χ0v) is 11.7.